The molecule has 0 amide bonds. The second-order valence-electron chi connectivity index (χ2n) is 4.74. The van der Waals surface area contributed by atoms with E-state index < -0.39 is 0 Å². The predicted molar refractivity (Wildman–Crippen MR) is 77.3 cm³/mol. The Hall–Kier alpha value is -2.50. The van der Waals surface area contributed by atoms with Crippen molar-refractivity contribution < 1.29 is 0 Å². The molecular weight excluding hydrogens is 252 g/mol. The smallest absolute Gasteiger partial charge is 0.224 e. The van der Waals surface area contributed by atoms with Gasteiger partial charge in [-0.15, -0.1) is 0 Å². The average Bonchev–Trinajstić information content (AvgIpc) is 2.70. The Kier molecular flexibility index (Phi) is 3.06. The SMILES string of the molecule is Cc1nn(C)c(C)c1CNc1ncc2cccnc2n1. The normalized spacial score (nSPS) is 10.9. The third kappa shape index (κ3) is 2.20. The first kappa shape index (κ1) is 12.5. The molecule has 3 aromatic rings. The largest absolute Gasteiger partial charge is 0.350 e. The first-order chi connectivity index (χ1) is 9.65. The standard InChI is InChI=1S/C14H16N6/c1-9-12(10(2)20(3)19-9)8-17-14-16-7-11-5-4-6-15-13(11)18-14/h4-7H,8H2,1-3H3,(H,15,16,17,18). The lowest BCUT2D eigenvalue weighted by molar-refractivity contribution is 0.730. The van der Waals surface area contributed by atoms with Crippen LogP contribution in [0.2, 0.25) is 0 Å². The number of aryl methyl sites for hydroxylation is 2. The zero-order chi connectivity index (χ0) is 14.1. The van der Waals surface area contributed by atoms with Crippen molar-refractivity contribution in [2.24, 2.45) is 7.05 Å². The minimum Gasteiger partial charge on any atom is -0.350 e. The summed E-state index contributed by atoms with van der Waals surface area (Å²) in [4.78, 5) is 12.9. The fourth-order valence-electron chi connectivity index (χ4n) is 2.19. The molecule has 3 heterocycles. The van der Waals surface area contributed by atoms with Crippen molar-refractivity contribution in [3.05, 3.63) is 41.5 Å². The van der Waals surface area contributed by atoms with E-state index in [9.17, 15) is 0 Å². The lowest BCUT2D eigenvalue weighted by Crippen LogP contribution is -2.05. The zero-order valence-corrected chi connectivity index (χ0v) is 11.8. The van der Waals surface area contributed by atoms with Crippen LogP contribution in [0.3, 0.4) is 0 Å². The first-order valence-corrected chi connectivity index (χ1v) is 6.46. The van der Waals surface area contributed by atoms with Crippen LogP contribution in [0.25, 0.3) is 11.0 Å². The first-order valence-electron chi connectivity index (χ1n) is 6.46. The number of fused-ring (bicyclic) bond motifs is 1. The molecular formula is C14H16N6. The molecule has 6 heteroatoms. The lowest BCUT2D eigenvalue weighted by Gasteiger charge is -2.06. The summed E-state index contributed by atoms with van der Waals surface area (Å²) >= 11 is 0. The molecule has 0 aliphatic heterocycles. The molecule has 0 saturated carbocycles. The maximum absolute atomic E-state index is 4.40. The molecule has 1 N–H and O–H groups in total. The third-order valence-electron chi connectivity index (χ3n) is 3.44. The van der Waals surface area contributed by atoms with Crippen molar-refractivity contribution in [3.8, 4) is 0 Å². The van der Waals surface area contributed by atoms with Crippen molar-refractivity contribution in [1.82, 2.24) is 24.7 Å². The van der Waals surface area contributed by atoms with Crippen molar-refractivity contribution in [3.63, 3.8) is 0 Å². The molecule has 3 rings (SSSR count). The molecule has 0 aliphatic rings. The fraction of sp³-hybridized carbons (Fsp3) is 0.286. The van der Waals surface area contributed by atoms with E-state index in [2.05, 4.69) is 32.3 Å². The highest BCUT2D eigenvalue weighted by molar-refractivity contribution is 5.74. The second kappa shape index (κ2) is 4.88. The Labute approximate surface area is 116 Å². The molecule has 0 saturated heterocycles. The topological polar surface area (TPSA) is 68.5 Å². The van der Waals surface area contributed by atoms with Gasteiger partial charge in [0.2, 0.25) is 5.95 Å². The predicted octanol–water partition coefficient (Wildman–Crippen LogP) is 1.99. The van der Waals surface area contributed by atoms with E-state index >= 15 is 0 Å². The van der Waals surface area contributed by atoms with E-state index in [1.807, 2.05) is 30.8 Å². The lowest BCUT2D eigenvalue weighted by atomic mass is 10.2. The van der Waals surface area contributed by atoms with Gasteiger partial charge in [0.15, 0.2) is 5.65 Å². The summed E-state index contributed by atoms with van der Waals surface area (Å²) in [7, 11) is 1.95. The van der Waals surface area contributed by atoms with Gasteiger partial charge >= 0.3 is 0 Å². The fourth-order valence-corrected chi connectivity index (χ4v) is 2.19. The van der Waals surface area contributed by atoms with Crippen LogP contribution in [0.1, 0.15) is 17.0 Å². The van der Waals surface area contributed by atoms with Crippen molar-refractivity contribution in [2.45, 2.75) is 20.4 Å². The Bertz CT molecular complexity index is 761. The summed E-state index contributed by atoms with van der Waals surface area (Å²) in [6.07, 6.45) is 3.51. The van der Waals surface area contributed by atoms with Crippen LogP contribution in [-0.2, 0) is 13.6 Å². The van der Waals surface area contributed by atoms with Gasteiger partial charge in [-0.2, -0.15) is 10.1 Å². The molecule has 6 nitrogen and oxygen atoms in total. The minimum absolute atomic E-state index is 0.582. The van der Waals surface area contributed by atoms with Crippen LogP contribution in [0, 0.1) is 13.8 Å². The van der Waals surface area contributed by atoms with Crippen LogP contribution in [0.5, 0.6) is 0 Å². The summed E-state index contributed by atoms with van der Waals surface area (Å²) in [6, 6.07) is 3.82. The summed E-state index contributed by atoms with van der Waals surface area (Å²) in [5.74, 6) is 0.582. The molecule has 20 heavy (non-hydrogen) atoms. The number of hydrogen-bond donors (Lipinski definition) is 1. The van der Waals surface area contributed by atoms with E-state index in [-0.39, 0.29) is 0 Å². The summed E-state index contributed by atoms with van der Waals surface area (Å²) in [5.41, 5.74) is 4.05. The van der Waals surface area contributed by atoms with Gasteiger partial charge in [0.1, 0.15) is 0 Å². The molecule has 0 unspecified atom stereocenters. The van der Waals surface area contributed by atoms with Crippen LogP contribution in [0.15, 0.2) is 24.5 Å². The quantitative estimate of drug-likeness (QED) is 0.786. The molecule has 0 fully saturated rings. The molecule has 102 valence electrons. The van der Waals surface area contributed by atoms with Gasteiger partial charge < -0.3 is 5.32 Å². The number of anilines is 1. The highest BCUT2D eigenvalue weighted by Gasteiger charge is 2.09. The number of pyridine rings is 1. The Balaban J connectivity index is 1.83. The average molecular weight is 268 g/mol. The van der Waals surface area contributed by atoms with Gasteiger partial charge in [0.25, 0.3) is 0 Å². The molecule has 0 spiro atoms. The van der Waals surface area contributed by atoms with Gasteiger partial charge in [0.05, 0.1) is 5.69 Å². The van der Waals surface area contributed by atoms with Crippen molar-refractivity contribution in [1.29, 1.82) is 0 Å². The van der Waals surface area contributed by atoms with E-state index in [4.69, 9.17) is 0 Å². The van der Waals surface area contributed by atoms with Gasteiger partial charge in [-0.3, -0.25) is 4.68 Å². The van der Waals surface area contributed by atoms with Crippen LogP contribution >= 0.6 is 0 Å². The molecule has 0 aliphatic carbocycles. The van der Waals surface area contributed by atoms with E-state index in [0.717, 1.165) is 16.8 Å². The summed E-state index contributed by atoms with van der Waals surface area (Å²) in [6.45, 7) is 4.72. The van der Waals surface area contributed by atoms with Gasteiger partial charge in [-0.05, 0) is 26.0 Å². The number of nitrogens with zero attached hydrogens (tertiary/aromatic N) is 5. The Morgan fingerprint density at radius 3 is 2.85 bits per heavy atom. The summed E-state index contributed by atoms with van der Waals surface area (Å²) in [5, 5.41) is 8.57. The van der Waals surface area contributed by atoms with Gasteiger partial charge in [0, 0.05) is 42.6 Å². The highest BCUT2D eigenvalue weighted by atomic mass is 15.3. The monoisotopic (exact) mass is 268 g/mol. The molecule has 0 bridgehead atoms. The molecule has 0 atom stereocenters. The third-order valence-corrected chi connectivity index (χ3v) is 3.44. The van der Waals surface area contributed by atoms with Crippen LogP contribution < -0.4 is 5.32 Å². The maximum Gasteiger partial charge on any atom is 0.224 e. The maximum atomic E-state index is 4.40. The Morgan fingerprint density at radius 1 is 1.25 bits per heavy atom. The highest BCUT2D eigenvalue weighted by Crippen LogP contribution is 2.14. The molecule has 0 radical (unpaired) electrons. The van der Waals surface area contributed by atoms with E-state index in [1.54, 1.807) is 12.4 Å². The molecule has 3 aromatic heterocycles. The van der Waals surface area contributed by atoms with Gasteiger partial charge in [-0.1, -0.05) is 0 Å². The zero-order valence-electron chi connectivity index (χ0n) is 11.8. The van der Waals surface area contributed by atoms with Gasteiger partial charge in [-0.25, -0.2) is 9.97 Å². The Morgan fingerprint density at radius 2 is 2.10 bits per heavy atom. The van der Waals surface area contributed by atoms with Crippen LogP contribution in [-0.4, -0.2) is 24.7 Å². The number of aromatic nitrogens is 5. The molecule has 0 aromatic carbocycles. The minimum atomic E-state index is 0.582. The second-order valence-corrected chi connectivity index (χ2v) is 4.74. The van der Waals surface area contributed by atoms with Crippen molar-refractivity contribution in [2.75, 3.05) is 5.32 Å². The van der Waals surface area contributed by atoms with E-state index in [1.165, 1.54) is 5.56 Å². The number of nitrogens with one attached hydrogen (secondary N) is 1. The van der Waals surface area contributed by atoms with Crippen LogP contribution in [0.4, 0.5) is 5.95 Å². The van der Waals surface area contributed by atoms with Crippen molar-refractivity contribution >= 4 is 17.0 Å². The van der Waals surface area contributed by atoms with E-state index in [0.29, 0.717) is 18.1 Å². The number of rotatable bonds is 3. The summed E-state index contributed by atoms with van der Waals surface area (Å²) < 4.78 is 1.88. The number of hydrogen-bond acceptors (Lipinski definition) is 5.